The lowest BCUT2D eigenvalue weighted by molar-refractivity contribution is 0.159. The average Bonchev–Trinajstić information content (AvgIpc) is 3.05. The predicted molar refractivity (Wildman–Crippen MR) is 97.0 cm³/mol. The molecule has 4 aromatic rings. The molecule has 1 aliphatic rings. The summed E-state index contributed by atoms with van der Waals surface area (Å²) in [6.45, 7) is 0. The molecule has 1 aliphatic carbocycles. The predicted octanol–water partition coefficient (Wildman–Crippen LogP) is 4.11. The third-order valence-corrected chi connectivity index (χ3v) is 4.88. The number of oxazole rings is 1. The van der Waals surface area contributed by atoms with E-state index in [1.807, 2.05) is 12.1 Å². The number of aliphatic hydroxyl groups is 1. The smallest absolute Gasteiger partial charge is 0.300 e. The van der Waals surface area contributed by atoms with E-state index in [-0.39, 0.29) is 11.9 Å². The number of aryl methyl sites for hydroxylation is 1. The minimum absolute atomic E-state index is 0.322. The van der Waals surface area contributed by atoms with Gasteiger partial charge in [0, 0.05) is 23.6 Å². The minimum atomic E-state index is -0.336. The van der Waals surface area contributed by atoms with E-state index in [0.29, 0.717) is 29.1 Å². The molecule has 26 heavy (non-hydrogen) atoms. The van der Waals surface area contributed by atoms with E-state index >= 15 is 0 Å². The summed E-state index contributed by atoms with van der Waals surface area (Å²) < 4.78 is 19.3. The second-order valence-electron chi connectivity index (χ2n) is 6.62. The van der Waals surface area contributed by atoms with Crippen molar-refractivity contribution in [2.45, 2.75) is 25.4 Å². The van der Waals surface area contributed by atoms with Gasteiger partial charge in [-0.1, -0.05) is 12.1 Å². The van der Waals surface area contributed by atoms with Crippen molar-refractivity contribution in [2.24, 2.45) is 0 Å². The zero-order valence-electron chi connectivity index (χ0n) is 13.9. The van der Waals surface area contributed by atoms with E-state index in [1.165, 1.54) is 17.7 Å². The first kappa shape index (κ1) is 15.3. The van der Waals surface area contributed by atoms with Crippen LogP contribution in [0.1, 0.15) is 17.5 Å². The number of rotatable bonds is 2. The maximum absolute atomic E-state index is 13.4. The molecule has 0 saturated carbocycles. The van der Waals surface area contributed by atoms with Gasteiger partial charge in [-0.3, -0.25) is 4.98 Å². The van der Waals surface area contributed by atoms with Crippen LogP contribution in [-0.4, -0.2) is 21.2 Å². The Hall–Kier alpha value is -2.99. The van der Waals surface area contributed by atoms with Gasteiger partial charge < -0.3 is 14.8 Å². The van der Waals surface area contributed by atoms with Crippen LogP contribution in [0.3, 0.4) is 0 Å². The quantitative estimate of drug-likeness (QED) is 0.570. The lowest BCUT2D eigenvalue weighted by atomic mass is 9.88. The van der Waals surface area contributed by atoms with Gasteiger partial charge in [-0.15, -0.1) is 0 Å². The molecule has 1 atom stereocenters. The van der Waals surface area contributed by atoms with Crippen LogP contribution < -0.4 is 5.32 Å². The van der Waals surface area contributed by atoms with E-state index in [0.717, 1.165) is 29.5 Å². The number of nitrogens with zero attached hydrogens (tertiary/aromatic N) is 2. The summed E-state index contributed by atoms with van der Waals surface area (Å²) in [5, 5.41) is 13.9. The Kier molecular flexibility index (Phi) is 3.39. The van der Waals surface area contributed by atoms with Crippen LogP contribution in [0.25, 0.3) is 22.0 Å². The highest BCUT2D eigenvalue weighted by atomic mass is 19.1. The van der Waals surface area contributed by atoms with E-state index in [1.54, 1.807) is 12.3 Å². The zero-order valence-corrected chi connectivity index (χ0v) is 13.9. The summed E-state index contributed by atoms with van der Waals surface area (Å²) in [4.78, 5) is 8.70. The summed E-state index contributed by atoms with van der Waals surface area (Å²) in [6.07, 6.45) is 3.52. The monoisotopic (exact) mass is 349 g/mol. The second kappa shape index (κ2) is 5.78. The van der Waals surface area contributed by atoms with Gasteiger partial charge in [0.1, 0.15) is 11.3 Å². The third-order valence-electron chi connectivity index (χ3n) is 4.88. The SMILES string of the molecule is O[C@H]1CCc2cccc(Nc3nc4cnc5cc(F)ccc5c4o3)c2C1. The molecule has 0 bridgehead atoms. The number of anilines is 2. The first-order chi connectivity index (χ1) is 12.7. The number of fused-ring (bicyclic) bond motifs is 4. The molecule has 2 N–H and O–H groups in total. The van der Waals surface area contributed by atoms with Crippen molar-refractivity contribution in [1.82, 2.24) is 9.97 Å². The van der Waals surface area contributed by atoms with Crippen LogP contribution in [-0.2, 0) is 12.8 Å². The van der Waals surface area contributed by atoms with Crippen molar-refractivity contribution in [2.75, 3.05) is 5.32 Å². The molecule has 6 heteroatoms. The normalized spacial score (nSPS) is 16.8. The van der Waals surface area contributed by atoms with Crippen LogP contribution in [0.4, 0.5) is 16.1 Å². The van der Waals surface area contributed by atoms with Gasteiger partial charge in [0.05, 0.1) is 17.8 Å². The summed E-state index contributed by atoms with van der Waals surface area (Å²) in [5.41, 5.74) is 4.92. The molecule has 2 heterocycles. The Bertz CT molecular complexity index is 1140. The van der Waals surface area contributed by atoms with Gasteiger partial charge in [-0.25, -0.2) is 4.39 Å². The number of aliphatic hydroxyl groups excluding tert-OH is 1. The van der Waals surface area contributed by atoms with Crippen LogP contribution in [0.15, 0.2) is 47.0 Å². The molecule has 0 aliphatic heterocycles. The van der Waals surface area contributed by atoms with E-state index in [4.69, 9.17) is 4.42 Å². The molecule has 2 aromatic carbocycles. The highest BCUT2D eigenvalue weighted by molar-refractivity contribution is 6.00. The molecule has 0 unspecified atom stereocenters. The number of nitrogens with one attached hydrogen (secondary N) is 1. The van der Waals surface area contributed by atoms with E-state index < -0.39 is 0 Å². The molecule has 2 aromatic heterocycles. The first-order valence-corrected chi connectivity index (χ1v) is 8.58. The number of benzene rings is 2. The van der Waals surface area contributed by atoms with Crippen molar-refractivity contribution in [3.8, 4) is 0 Å². The van der Waals surface area contributed by atoms with Crippen molar-refractivity contribution in [1.29, 1.82) is 0 Å². The molecule has 0 amide bonds. The van der Waals surface area contributed by atoms with E-state index in [2.05, 4.69) is 21.4 Å². The summed E-state index contributed by atoms with van der Waals surface area (Å²) >= 11 is 0. The highest BCUT2D eigenvalue weighted by Gasteiger charge is 2.20. The first-order valence-electron chi connectivity index (χ1n) is 8.58. The standard InChI is InChI=1S/C20H16FN3O2/c21-12-5-7-14-17(8-12)22-10-18-19(14)26-20(24-18)23-16-3-1-2-11-4-6-13(25)9-15(11)16/h1-3,5,7-8,10,13,25H,4,6,9H2,(H,23,24)/t13-/m0/s1. The van der Waals surface area contributed by atoms with Crippen LogP contribution in [0.5, 0.6) is 0 Å². The fraction of sp³-hybridized carbons (Fsp3) is 0.200. The van der Waals surface area contributed by atoms with Crippen LogP contribution >= 0.6 is 0 Å². The van der Waals surface area contributed by atoms with E-state index in [9.17, 15) is 9.50 Å². The van der Waals surface area contributed by atoms with Gasteiger partial charge in [-0.05, 0) is 42.2 Å². The maximum Gasteiger partial charge on any atom is 0.300 e. The summed E-state index contributed by atoms with van der Waals surface area (Å²) in [6, 6.07) is 10.8. The second-order valence-corrected chi connectivity index (χ2v) is 6.62. The maximum atomic E-state index is 13.4. The fourth-order valence-electron chi connectivity index (χ4n) is 3.60. The molecule has 0 fully saturated rings. The largest absolute Gasteiger partial charge is 0.423 e. The molecular formula is C20H16FN3O2. The van der Waals surface area contributed by atoms with Crippen LogP contribution in [0.2, 0.25) is 0 Å². The summed E-state index contributed by atoms with van der Waals surface area (Å²) in [5.74, 6) is -0.336. The van der Waals surface area contributed by atoms with Crippen molar-refractivity contribution < 1.29 is 13.9 Å². The lowest BCUT2D eigenvalue weighted by Crippen LogP contribution is -2.19. The third kappa shape index (κ3) is 2.50. The van der Waals surface area contributed by atoms with Crippen molar-refractivity contribution in [3.05, 3.63) is 59.5 Å². The van der Waals surface area contributed by atoms with Gasteiger partial charge in [0.2, 0.25) is 0 Å². The molecule has 0 saturated heterocycles. The Labute approximate surface area is 148 Å². The number of hydrogen-bond acceptors (Lipinski definition) is 5. The average molecular weight is 349 g/mol. The van der Waals surface area contributed by atoms with Crippen molar-refractivity contribution >= 4 is 33.7 Å². The molecule has 5 rings (SSSR count). The van der Waals surface area contributed by atoms with Gasteiger partial charge in [0.15, 0.2) is 5.58 Å². The van der Waals surface area contributed by atoms with Gasteiger partial charge >= 0.3 is 0 Å². The zero-order chi connectivity index (χ0) is 17.7. The number of aromatic nitrogens is 2. The molecular weight excluding hydrogens is 333 g/mol. The Morgan fingerprint density at radius 1 is 1.19 bits per heavy atom. The lowest BCUT2D eigenvalue weighted by Gasteiger charge is -2.23. The molecule has 0 spiro atoms. The molecule has 5 nitrogen and oxygen atoms in total. The Balaban J connectivity index is 1.58. The number of hydrogen-bond donors (Lipinski definition) is 2. The fourth-order valence-corrected chi connectivity index (χ4v) is 3.60. The summed E-state index contributed by atoms with van der Waals surface area (Å²) in [7, 11) is 0. The molecule has 130 valence electrons. The number of halogens is 1. The minimum Gasteiger partial charge on any atom is -0.423 e. The van der Waals surface area contributed by atoms with Gasteiger partial charge in [-0.2, -0.15) is 4.98 Å². The topological polar surface area (TPSA) is 71.2 Å². The van der Waals surface area contributed by atoms with Crippen molar-refractivity contribution in [3.63, 3.8) is 0 Å². The highest BCUT2D eigenvalue weighted by Crippen LogP contribution is 2.32. The Morgan fingerprint density at radius 3 is 3.04 bits per heavy atom. The van der Waals surface area contributed by atoms with Crippen LogP contribution in [0, 0.1) is 5.82 Å². The Morgan fingerprint density at radius 2 is 2.12 bits per heavy atom. The van der Waals surface area contributed by atoms with Gasteiger partial charge in [0.25, 0.3) is 6.01 Å². The molecule has 0 radical (unpaired) electrons. The number of pyridine rings is 1.